The van der Waals surface area contributed by atoms with E-state index in [1.807, 2.05) is 77.6 Å². The molecule has 0 amide bonds. The van der Waals surface area contributed by atoms with E-state index in [1.165, 1.54) is 0 Å². The summed E-state index contributed by atoms with van der Waals surface area (Å²) in [6, 6.07) is 40.8. The van der Waals surface area contributed by atoms with Crippen molar-refractivity contribution in [1.82, 2.24) is 39.7 Å². The second kappa shape index (κ2) is 13.8. The Hall–Kier alpha value is -6.88. The Bertz CT molecular complexity index is 2330. The number of hydrogen-bond acceptors (Lipinski definition) is 9. The standard InChI is InChI=1S/C41H35N9O2/c1-48-26-29(24-43-48)38-25-42-37-19-20-39(45-40(37)44-38)49(34-21-35(51-2)23-36(22-34)52-3)27-33-28-50(47-46-33)41(30-13-7-4-8-14-30,31-15-9-5-10-16-31)32-17-11-6-12-18-32/h4-26,28H,27H2,1-3H3. The van der Waals surface area contributed by atoms with Crippen molar-refractivity contribution >= 4 is 22.7 Å². The van der Waals surface area contributed by atoms with Crippen LogP contribution in [0.5, 0.6) is 11.5 Å². The van der Waals surface area contributed by atoms with Gasteiger partial charge in [-0.05, 0) is 28.8 Å². The van der Waals surface area contributed by atoms with Crippen molar-refractivity contribution in [2.75, 3.05) is 19.1 Å². The first kappa shape index (κ1) is 32.3. The molecular weight excluding hydrogens is 651 g/mol. The number of hydrogen-bond donors (Lipinski definition) is 0. The second-order valence-corrected chi connectivity index (χ2v) is 12.3. The summed E-state index contributed by atoms with van der Waals surface area (Å²) in [4.78, 5) is 16.6. The summed E-state index contributed by atoms with van der Waals surface area (Å²) in [6.07, 6.45) is 7.41. The number of aromatic nitrogens is 8. The van der Waals surface area contributed by atoms with Crippen LogP contribution < -0.4 is 14.4 Å². The van der Waals surface area contributed by atoms with Crippen LogP contribution in [0.4, 0.5) is 11.5 Å². The third kappa shape index (κ3) is 5.98. The summed E-state index contributed by atoms with van der Waals surface area (Å²) in [6.45, 7) is 0.318. The van der Waals surface area contributed by atoms with Crippen LogP contribution in [0.2, 0.25) is 0 Å². The second-order valence-electron chi connectivity index (χ2n) is 12.3. The lowest BCUT2D eigenvalue weighted by Crippen LogP contribution is -2.38. The smallest absolute Gasteiger partial charge is 0.180 e. The molecule has 8 aromatic rings. The van der Waals surface area contributed by atoms with Crippen molar-refractivity contribution < 1.29 is 9.47 Å². The molecule has 0 unspecified atom stereocenters. The minimum atomic E-state index is -0.807. The first-order valence-corrected chi connectivity index (χ1v) is 16.8. The summed E-state index contributed by atoms with van der Waals surface area (Å²) in [7, 11) is 5.14. The molecule has 0 bridgehead atoms. The molecule has 0 aliphatic carbocycles. The highest BCUT2D eigenvalue weighted by Crippen LogP contribution is 2.41. The van der Waals surface area contributed by atoms with E-state index in [4.69, 9.17) is 29.8 Å². The van der Waals surface area contributed by atoms with Crippen LogP contribution in [0.3, 0.4) is 0 Å². The van der Waals surface area contributed by atoms with Crippen molar-refractivity contribution in [1.29, 1.82) is 0 Å². The third-order valence-electron chi connectivity index (χ3n) is 9.10. The number of aryl methyl sites for hydroxylation is 1. The van der Waals surface area contributed by atoms with Gasteiger partial charge in [0, 0.05) is 37.0 Å². The van der Waals surface area contributed by atoms with Crippen LogP contribution in [-0.2, 0) is 19.1 Å². The monoisotopic (exact) mass is 685 g/mol. The molecule has 0 N–H and O–H groups in total. The normalized spacial score (nSPS) is 11.4. The number of ether oxygens (including phenoxy) is 2. The van der Waals surface area contributed by atoms with E-state index < -0.39 is 5.54 Å². The number of anilines is 2. The molecule has 0 saturated heterocycles. The molecule has 11 nitrogen and oxygen atoms in total. The number of methoxy groups -OCH3 is 2. The fourth-order valence-corrected chi connectivity index (χ4v) is 6.62. The van der Waals surface area contributed by atoms with Gasteiger partial charge in [-0.15, -0.1) is 5.10 Å². The average Bonchev–Trinajstić information content (AvgIpc) is 3.87. The minimum absolute atomic E-state index is 0.318. The van der Waals surface area contributed by atoms with Gasteiger partial charge < -0.3 is 14.4 Å². The zero-order valence-electron chi connectivity index (χ0n) is 28.9. The summed E-state index contributed by atoms with van der Waals surface area (Å²) in [5, 5.41) is 14.0. The highest BCUT2D eigenvalue weighted by Gasteiger charge is 2.39. The highest BCUT2D eigenvalue weighted by atomic mass is 16.5. The Kier molecular flexibility index (Phi) is 8.58. The zero-order valence-corrected chi connectivity index (χ0v) is 28.9. The number of nitrogens with zero attached hydrogens (tertiary/aromatic N) is 9. The van der Waals surface area contributed by atoms with Gasteiger partial charge in [-0.2, -0.15) is 5.10 Å². The maximum atomic E-state index is 5.68. The Labute approximate surface area is 300 Å². The largest absolute Gasteiger partial charge is 0.497 e. The number of fused-ring (bicyclic) bond motifs is 1. The van der Waals surface area contributed by atoms with Crippen LogP contribution >= 0.6 is 0 Å². The van der Waals surface area contributed by atoms with E-state index in [0.717, 1.165) is 27.9 Å². The van der Waals surface area contributed by atoms with Gasteiger partial charge in [0.1, 0.15) is 34.1 Å². The van der Waals surface area contributed by atoms with Gasteiger partial charge in [0.25, 0.3) is 0 Å². The molecule has 0 aliphatic rings. The van der Waals surface area contributed by atoms with Crippen LogP contribution in [-0.4, -0.2) is 53.9 Å². The molecular formula is C41H35N9O2. The average molecular weight is 686 g/mol. The van der Waals surface area contributed by atoms with E-state index >= 15 is 0 Å². The fraction of sp³-hybridized carbons (Fsp3) is 0.122. The Morgan fingerprint density at radius 1 is 0.692 bits per heavy atom. The molecule has 256 valence electrons. The topological polar surface area (TPSA) is 109 Å². The van der Waals surface area contributed by atoms with E-state index in [2.05, 4.69) is 82.9 Å². The van der Waals surface area contributed by atoms with Gasteiger partial charge in [0.05, 0.1) is 50.7 Å². The van der Waals surface area contributed by atoms with Gasteiger partial charge in [0.15, 0.2) is 5.65 Å². The maximum Gasteiger partial charge on any atom is 0.180 e. The van der Waals surface area contributed by atoms with Gasteiger partial charge in [0.2, 0.25) is 0 Å². The third-order valence-corrected chi connectivity index (χ3v) is 9.10. The zero-order chi connectivity index (χ0) is 35.5. The SMILES string of the molecule is COc1cc(OC)cc(N(Cc2cn(C(c3ccccc3)(c3ccccc3)c3ccccc3)nn2)c2ccc3ncc(-c4cnn(C)c4)nc3n2)c1. The predicted octanol–water partition coefficient (Wildman–Crippen LogP) is 7.21. The maximum absolute atomic E-state index is 5.68. The molecule has 4 heterocycles. The first-order chi connectivity index (χ1) is 25.5. The number of pyridine rings is 1. The van der Waals surface area contributed by atoms with E-state index in [0.29, 0.717) is 46.4 Å². The first-order valence-electron chi connectivity index (χ1n) is 16.8. The molecule has 8 rings (SSSR count). The lowest BCUT2D eigenvalue weighted by Gasteiger charge is -2.35. The molecule has 0 saturated carbocycles. The molecule has 52 heavy (non-hydrogen) atoms. The lowest BCUT2D eigenvalue weighted by molar-refractivity contribution is 0.394. The molecule has 0 fully saturated rings. The fourth-order valence-electron chi connectivity index (χ4n) is 6.62. The van der Waals surface area contributed by atoms with Gasteiger partial charge >= 0.3 is 0 Å². The van der Waals surface area contributed by atoms with Crippen molar-refractivity contribution in [3.63, 3.8) is 0 Å². The molecule has 0 atom stereocenters. The summed E-state index contributed by atoms with van der Waals surface area (Å²) >= 11 is 0. The molecule has 11 heteroatoms. The minimum Gasteiger partial charge on any atom is -0.497 e. The van der Waals surface area contributed by atoms with Crippen molar-refractivity contribution in [3.8, 4) is 22.8 Å². The molecule has 0 radical (unpaired) electrons. The van der Waals surface area contributed by atoms with Crippen molar-refractivity contribution in [3.05, 3.63) is 168 Å². The lowest BCUT2D eigenvalue weighted by atomic mass is 9.77. The Morgan fingerprint density at radius 3 is 1.87 bits per heavy atom. The van der Waals surface area contributed by atoms with Gasteiger partial charge in [-0.3, -0.25) is 9.67 Å². The molecule has 0 aliphatic heterocycles. The van der Waals surface area contributed by atoms with Gasteiger partial charge in [-0.1, -0.05) is 96.2 Å². The van der Waals surface area contributed by atoms with Gasteiger partial charge in [-0.25, -0.2) is 14.6 Å². The van der Waals surface area contributed by atoms with Crippen molar-refractivity contribution in [2.45, 2.75) is 12.1 Å². The van der Waals surface area contributed by atoms with E-state index in [9.17, 15) is 0 Å². The summed E-state index contributed by atoms with van der Waals surface area (Å²) in [5.74, 6) is 1.91. The highest BCUT2D eigenvalue weighted by molar-refractivity contribution is 5.77. The Morgan fingerprint density at radius 2 is 1.31 bits per heavy atom. The molecule has 0 spiro atoms. The van der Waals surface area contributed by atoms with Crippen LogP contribution in [0.15, 0.2) is 146 Å². The molecule has 4 aromatic heterocycles. The number of benzene rings is 4. The predicted molar refractivity (Wildman–Crippen MR) is 200 cm³/mol. The van der Waals surface area contributed by atoms with Crippen molar-refractivity contribution in [2.24, 2.45) is 7.05 Å². The number of rotatable bonds is 11. The van der Waals surface area contributed by atoms with Crippen LogP contribution in [0, 0.1) is 0 Å². The van der Waals surface area contributed by atoms with E-state index in [-0.39, 0.29) is 0 Å². The quantitative estimate of drug-likeness (QED) is 0.131. The van der Waals surface area contributed by atoms with Crippen LogP contribution in [0.1, 0.15) is 22.4 Å². The summed E-state index contributed by atoms with van der Waals surface area (Å²) < 4.78 is 15.1. The van der Waals surface area contributed by atoms with E-state index in [1.54, 1.807) is 31.3 Å². The summed E-state index contributed by atoms with van der Waals surface area (Å²) in [5.41, 5.74) is 6.56. The van der Waals surface area contributed by atoms with Crippen LogP contribution in [0.25, 0.3) is 22.4 Å². The molecule has 4 aromatic carbocycles. The Balaban J connectivity index is 1.27.